The van der Waals surface area contributed by atoms with Crippen molar-refractivity contribution in [2.24, 2.45) is 0 Å². The third-order valence-electron chi connectivity index (χ3n) is 2.51. The molecular weight excluding hydrogens is 252 g/mol. The molecule has 0 N–H and O–H groups in total. The van der Waals surface area contributed by atoms with Gasteiger partial charge in [0, 0.05) is 18.9 Å². The van der Waals surface area contributed by atoms with E-state index in [-0.39, 0.29) is 5.03 Å². The van der Waals surface area contributed by atoms with Crippen molar-refractivity contribution in [1.29, 1.82) is 0 Å². The van der Waals surface area contributed by atoms with E-state index in [1.54, 1.807) is 7.11 Å². The molecule has 1 heterocycles. The smallest absolute Gasteiger partial charge is 0.192 e. The Morgan fingerprint density at radius 1 is 1.28 bits per heavy atom. The molecule has 6 heteroatoms. The predicted octanol–water partition coefficient (Wildman–Crippen LogP) is 1.42. The van der Waals surface area contributed by atoms with Gasteiger partial charge in [0.05, 0.1) is 18.5 Å². The minimum absolute atomic E-state index is 0.172. The molecule has 2 aromatic rings. The zero-order chi connectivity index (χ0) is 13.2. The lowest BCUT2D eigenvalue weighted by Crippen LogP contribution is -2.09. The second-order valence-electron chi connectivity index (χ2n) is 3.92. The fourth-order valence-corrected chi connectivity index (χ4v) is 2.52. The summed E-state index contributed by atoms with van der Waals surface area (Å²) in [6, 6.07) is 8.89. The topological polar surface area (TPSA) is 61.2 Å². The Bertz CT molecular complexity index is 647. The van der Waals surface area contributed by atoms with Gasteiger partial charge in [0.1, 0.15) is 0 Å². The summed E-state index contributed by atoms with van der Waals surface area (Å²) >= 11 is 0. The van der Waals surface area contributed by atoms with Gasteiger partial charge in [0.15, 0.2) is 14.9 Å². The maximum absolute atomic E-state index is 11.7. The van der Waals surface area contributed by atoms with Crippen LogP contribution < -0.4 is 0 Å². The molecule has 0 aliphatic carbocycles. The molecule has 1 aromatic heterocycles. The van der Waals surface area contributed by atoms with E-state index in [9.17, 15) is 8.42 Å². The number of methoxy groups -OCH3 is 1. The number of aromatic nitrogens is 2. The first kappa shape index (κ1) is 12.8. The van der Waals surface area contributed by atoms with Crippen LogP contribution in [-0.2, 0) is 21.2 Å². The highest BCUT2D eigenvalue weighted by atomic mass is 32.2. The molecule has 0 fully saturated rings. The van der Waals surface area contributed by atoms with E-state index in [1.807, 2.05) is 24.3 Å². The summed E-state index contributed by atoms with van der Waals surface area (Å²) in [6.45, 7) is 0.402. The molecule has 0 radical (unpaired) electrons. The van der Waals surface area contributed by atoms with Crippen molar-refractivity contribution in [2.45, 2.75) is 11.6 Å². The maximum Gasteiger partial charge on any atom is 0.192 e. The number of nitrogens with zero attached hydrogens (tertiary/aromatic N) is 2. The molecule has 0 aliphatic heterocycles. The first-order valence-corrected chi connectivity index (χ1v) is 7.24. The highest BCUT2D eigenvalue weighted by Crippen LogP contribution is 2.19. The summed E-state index contributed by atoms with van der Waals surface area (Å²) < 4.78 is 29.9. The predicted molar refractivity (Wildman–Crippen MR) is 67.4 cm³/mol. The lowest BCUT2D eigenvalue weighted by Gasteiger charge is -2.11. The lowest BCUT2D eigenvalue weighted by atomic mass is 10.2. The first-order chi connectivity index (χ1) is 8.54. The van der Waals surface area contributed by atoms with Gasteiger partial charge in [-0.25, -0.2) is 13.1 Å². The largest absolute Gasteiger partial charge is 0.380 e. The Labute approximate surface area is 106 Å². The molecular formula is C12H14N2O3S. The lowest BCUT2D eigenvalue weighted by molar-refractivity contribution is 0.184. The summed E-state index contributed by atoms with van der Waals surface area (Å²) in [4.78, 5) is 0. The van der Waals surface area contributed by atoms with Crippen LogP contribution in [0.15, 0.2) is 41.6 Å². The van der Waals surface area contributed by atoms with Crippen LogP contribution in [0, 0.1) is 0 Å². The van der Waals surface area contributed by atoms with E-state index in [0.29, 0.717) is 12.3 Å². The minimum Gasteiger partial charge on any atom is -0.380 e. The van der Waals surface area contributed by atoms with Gasteiger partial charge in [-0.15, -0.1) is 0 Å². The van der Waals surface area contributed by atoms with Gasteiger partial charge in [0.2, 0.25) is 0 Å². The van der Waals surface area contributed by atoms with Crippen LogP contribution in [0.3, 0.4) is 0 Å². The molecule has 5 nitrogen and oxygen atoms in total. The van der Waals surface area contributed by atoms with Crippen molar-refractivity contribution < 1.29 is 13.2 Å². The Morgan fingerprint density at radius 2 is 2.00 bits per heavy atom. The number of hydrogen-bond acceptors (Lipinski definition) is 4. The molecule has 0 unspecified atom stereocenters. The summed E-state index contributed by atoms with van der Waals surface area (Å²) in [7, 11) is -1.72. The summed E-state index contributed by atoms with van der Waals surface area (Å²) in [6.07, 6.45) is 2.64. The Kier molecular flexibility index (Phi) is 3.49. The molecule has 0 atom stereocenters. The van der Waals surface area contributed by atoms with Crippen LogP contribution in [0.25, 0.3) is 5.69 Å². The summed E-state index contributed by atoms with van der Waals surface area (Å²) in [5.41, 5.74) is 1.60. The van der Waals surface area contributed by atoms with Gasteiger partial charge in [-0.3, -0.25) is 0 Å². The second-order valence-corrected chi connectivity index (χ2v) is 5.88. The van der Waals surface area contributed by atoms with Crippen molar-refractivity contribution >= 4 is 9.84 Å². The molecule has 0 amide bonds. The summed E-state index contributed by atoms with van der Waals surface area (Å²) in [5, 5.41) is 4.25. The number of benzene rings is 1. The number of hydrogen-bond donors (Lipinski definition) is 0. The standard InChI is InChI=1S/C12H14N2O3S/c1-17-9-10-5-3-4-6-11(10)14-12(7-8-13-14)18(2,15)16/h3-8H,9H2,1-2H3. The molecule has 1 aromatic carbocycles. The van der Waals surface area contributed by atoms with Gasteiger partial charge in [-0.2, -0.15) is 5.10 Å². The quantitative estimate of drug-likeness (QED) is 0.839. The molecule has 96 valence electrons. The molecule has 0 saturated heterocycles. The monoisotopic (exact) mass is 266 g/mol. The van der Waals surface area contributed by atoms with E-state index < -0.39 is 9.84 Å². The maximum atomic E-state index is 11.7. The number of para-hydroxylation sites is 1. The van der Waals surface area contributed by atoms with Crippen molar-refractivity contribution in [2.75, 3.05) is 13.4 Å². The van der Waals surface area contributed by atoms with E-state index in [1.165, 1.54) is 23.2 Å². The molecule has 0 saturated carbocycles. The van der Waals surface area contributed by atoms with E-state index in [0.717, 1.165) is 5.56 Å². The average Bonchev–Trinajstić information content (AvgIpc) is 2.78. The van der Waals surface area contributed by atoms with Crippen molar-refractivity contribution in [3.8, 4) is 5.69 Å². The van der Waals surface area contributed by atoms with Gasteiger partial charge >= 0.3 is 0 Å². The fraction of sp³-hybridized carbons (Fsp3) is 0.250. The molecule has 2 rings (SSSR count). The van der Waals surface area contributed by atoms with Crippen molar-refractivity contribution in [1.82, 2.24) is 9.78 Å². The fourth-order valence-electron chi connectivity index (χ4n) is 1.75. The molecule has 0 bridgehead atoms. The summed E-state index contributed by atoms with van der Waals surface area (Å²) in [5.74, 6) is 0. The molecule has 0 aliphatic rings. The molecule has 0 spiro atoms. The van der Waals surface area contributed by atoms with Crippen LogP contribution in [0.4, 0.5) is 0 Å². The van der Waals surface area contributed by atoms with Crippen LogP contribution in [0.5, 0.6) is 0 Å². The number of sulfone groups is 1. The zero-order valence-corrected chi connectivity index (χ0v) is 11.0. The second kappa shape index (κ2) is 4.91. The Morgan fingerprint density at radius 3 is 2.67 bits per heavy atom. The van der Waals surface area contributed by atoms with Crippen LogP contribution >= 0.6 is 0 Å². The normalized spacial score (nSPS) is 11.7. The third-order valence-corrected chi connectivity index (χ3v) is 3.58. The SMILES string of the molecule is COCc1ccccc1-n1nccc1S(C)(=O)=O. The Hall–Kier alpha value is -1.66. The van der Waals surface area contributed by atoms with Gasteiger partial charge in [-0.1, -0.05) is 18.2 Å². The zero-order valence-electron chi connectivity index (χ0n) is 10.2. The molecule has 18 heavy (non-hydrogen) atoms. The van der Waals surface area contributed by atoms with Gasteiger partial charge < -0.3 is 4.74 Å². The first-order valence-electron chi connectivity index (χ1n) is 5.35. The van der Waals surface area contributed by atoms with Crippen LogP contribution in [-0.4, -0.2) is 31.6 Å². The minimum atomic E-state index is -3.31. The van der Waals surface area contributed by atoms with E-state index in [4.69, 9.17) is 4.74 Å². The van der Waals surface area contributed by atoms with Crippen LogP contribution in [0.1, 0.15) is 5.56 Å². The third kappa shape index (κ3) is 2.44. The highest BCUT2D eigenvalue weighted by Gasteiger charge is 2.16. The number of rotatable bonds is 4. The Balaban J connectivity index is 2.60. The van der Waals surface area contributed by atoms with Crippen molar-refractivity contribution in [3.63, 3.8) is 0 Å². The highest BCUT2D eigenvalue weighted by molar-refractivity contribution is 7.90. The van der Waals surface area contributed by atoms with Crippen molar-refractivity contribution in [3.05, 3.63) is 42.1 Å². The van der Waals surface area contributed by atoms with E-state index >= 15 is 0 Å². The van der Waals surface area contributed by atoms with Gasteiger partial charge in [-0.05, 0) is 12.1 Å². The van der Waals surface area contributed by atoms with Gasteiger partial charge in [0.25, 0.3) is 0 Å². The van der Waals surface area contributed by atoms with E-state index in [2.05, 4.69) is 5.10 Å². The average molecular weight is 266 g/mol. The van der Waals surface area contributed by atoms with Crippen LogP contribution in [0.2, 0.25) is 0 Å². The number of ether oxygens (including phenoxy) is 1.